The van der Waals surface area contributed by atoms with E-state index in [2.05, 4.69) is 4.90 Å². The first-order valence-electron chi connectivity index (χ1n) is 5.06. The van der Waals surface area contributed by atoms with Crippen LogP contribution in [0.3, 0.4) is 0 Å². The van der Waals surface area contributed by atoms with Crippen molar-refractivity contribution in [1.29, 1.82) is 5.26 Å². The van der Waals surface area contributed by atoms with E-state index in [0.717, 1.165) is 13.0 Å². The summed E-state index contributed by atoms with van der Waals surface area (Å²) in [5.41, 5.74) is 0. The molecule has 5 nitrogen and oxygen atoms in total. The van der Waals surface area contributed by atoms with Crippen molar-refractivity contribution in [3.8, 4) is 6.07 Å². The van der Waals surface area contributed by atoms with E-state index in [0.29, 0.717) is 13.1 Å². The summed E-state index contributed by atoms with van der Waals surface area (Å²) >= 11 is 0. The minimum Gasteiger partial charge on any atom is -0.301 e. The molecule has 1 aliphatic rings. The third kappa shape index (κ3) is 2.91. The summed E-state index contributed by atoms with van der Waals surface area (Å²) in [4.78, 5) is 2.17. The highest BCUT2D eigenvalue weighted by molar-refractivity contribution is 7.89. The van der Waals surface area contributed by atoms with Crippen LogP contribution in [0, 0.1) is 11.3 Å². The van der Waals surface area contributed by atoms with Crippen molar-refractivity contribution >= 4 is 10.0 Å². The predicted molar refractivity (Wildman–Crippen MR) is 57.7 cm³/mol. The fourth-order valence-electron chi connectivity index (χ4n) is 1.78. The maximum Gasteiger partial charge on any atom is 0.227 e. The Labute approximate surface area is 91.3 Å². The standard InChI is InChI=1S/C9H17N3O2S/c1-3-9-8-12(6-5-11(9)2)15(13,14)7-4-10/h9H,3,5-8H2,1-2H3. The largest absolute Gasteiger partial charge is 0.301 e. The van der Waals surface area contributed by atoms with Crippen molar-refractivity contribution < 1.29 is 8.42 Å². The second-order valence-corrected chi connectivity index (χ2v) is 5.78. The highest BCUT2D eigenvalue weighted by Gasteiger charge is 2.30. The summed E-state index contributed by atoms with van der Waals surface area (Å²) in [6.07, 6.45) is 0.926. The Morgan fingerprint density at radius 2 is 2.13 bits per heavy atom. The van der Waals surface area contributed by atoms with Gasteiger partial charge < -0.3 is 4.90 Å². The van der Waals surface area contributed by atoms with E-state index in [1.807, 2.05) is 14.0 Å². The van der Waals surface area contributed by atoms with Gasteiger partial charge in [-0.3, -0.25) is 0 Å². The molecule has 0 aromatic carbocycles. The summed E-state index contributed by atoms with van der Waals surface area (Å²) in [6, 6.07) is 1.98. The van der Waals surface area contributed by atoms with Crippen LogP contribution in [0.25, 0.3) is 0 Å². The van der Waals surface area contributed by atoms with Gasteiger partial charge in [0.15, 0.2) is 5.75 Å². The number of nitrogens with zero attached hydrogens (tertiary/aromatic N) is 3. The van der Waals surface area contributed by atoms with Crippen LogP contribution in [-0.2, 0) is 10.0 Å². The Bertz CT molecular complexity index is 347. The molecule has 1 atom stereocenters. The minimum atomic E-state index is -3.35. The Morgan fingerprint density at radius 3 is 2.67 bits per heavy atom. The molecule has 6 heteroatoms. The summed E-state index contributed by atoms with van der Waals surface area (Å²) in [5, 5.41) is 8.44. The van der Waals surface area contributed by atoms with Crippen molar-refractivity contribution in [3.05, 3.63) is 0 Å². The Kier molecular flexibility index (Phi) is 4.08. The van der Waals surface area contributed by atoms with Gasteiger partial charge in [-0.1, -0.05) is 6.92 Å². The summed E-state index contributed by atoms with van der Waals surface area (Å²) in [6.45, 7) is 3.79. The van der Waals surface area contributed by atoms with Crippen LogP contribution in [-0.4, -0.2) is 56.1 Å². The van der Waals surface area contributed by atoms with Crippen LogP contribution in [0.2, 0.25) is 0 Å². The molecule has 0 bridgehead atoms. The zero-order valence-electron chi connectivity index (χ0n) is 9.18. The zero-order valence-corrected chi connectivity index (χ0v) is 10.00. The van der Waals surface area contributed by atoms with Gasteiger partial charge in [0.2, 0.25) is 10.0 Å². The molecular formula is C9H17N3O2S. The number of sulfonamides is 1. The average Bonchev–Trinajstić information content (AvgIpc) is 2.18. The molecule has 86 valence electrons. The van der Waals surface area contributed by atoms with Gasteiger partial charge in [-0.2, -0.15) is 9.57 Å². The van der Waals surface area contributed by atoms with Crippen LogP contribution >= 0.6 is 0 Å². The lowest BCUT2D eigenvalue weighted by molar-refractivity contribution is 0.144. The maximum atomic E-state index is 11.6. The first-order chi connectivity index (χ1) is 7.01. The van der Waals surface area contributed by atoms with Crippen molar-refractivity contribution in [2.45, 2.75) is 19.4 Å². The third-order valence-corrected chi connectivity index (χ3v) is 4.46. The Hall–Kier alpha value is -0.640. The first-order valence-corrected chi connectivity index (χ1v) is 6.67. The zero-order chi connectivity index (χ0) is 11.5. The van der Waals surface area contributed by atoms with Crippen molar-refractivity contribution in [2.75, 3.05) is 32.4 Å². The Balaban J connectivity index is 2.71. The van der Waals surface area contributed by atoms with E-state index in [-0.39, 0.29) is 6.04 Å². The first kappa shape index (κ1) is 12.4. The molecule has 0 amide bonds. The molecule has 0 saturated carbocycles. The van der Waals surface area contributed by atoms with Crippen LogP contribution in [0.1, 0.15) is 13.3 Å². The SMILES string of the molecule is CCC1CN(S(=O)(=O)CC#N)CCN1C. The fraction of sp³-hybridized carbons (Fsp3) is 0.889. The van der Waals surface area contributed by atoms with Crippen LogP contribution < -0.4 is 0 Å². The van der Waals surface area contributed by atoms with E-state index in [9.17, 15) is 8.42 Å². The number of likely N-dealkylation sites (N-methyl/N-ethyl adjacent to an activating group) is 1. The fourth-order valence-corrected chi connectivity index (χ4v) is 2.89. The number of hydrogen-bond donors (Lipinski definition) is 0. The molecule has 0 radical (unpaired) electrons. The van der Waals surface area contributed by atoms with E-state index >= 15 is 0 Å². The number of nitriles is 1. The molecule has 1 rings (SSSR count). The predicted octanol–water partition coefficient (Wildman–Crippen LogP) is -0.134. The summed E-state index contributed by atoms with van der Waals surface area (Å²) < 4.78 is 24.7. The molecule has 15 heavy (non-hydrogen) atoms. The lowest BCUT2D eigenvalue weighted by Crippen LogP contribution is -2.53. The second kappa shape index (κ2) is 4.92. The molecule has 0 aromatic rings. The van der Waals surface area contributed by atoms with Gasteiger partial charge in [0.1, 0.15) is 0 Å². The van der Waals surface area contributed by atoms with Gasteiger partial charge in [-0.05, 0) is 13.5 Å². The molecule has 0 spiro atoms. The number of piperazine rings is 1. The molecule has 0 aromatic heterocycles. The van der Waals surface area contributed by atoms with E-state index in [1.165, 1.54) is 4.31 Å². The monoisotopic (exact) mass is 231 g/mol. The summed E-state index contributed by atoms with van der Waals surface area (Å²) in [5.74, 6) is -0.410. The molecule has 1 heterocycles. The second-order valence-electron chi connectivity index (χ2n) is 3.82. The van der Waals surface area contributed by atoms with Crippen LogP contribution in [0.4, 0.5) is 0 Å². The van der Waals surface area contributed by atoms with Gasteiger partial charge in [-0.25, -0.2) is 8.42 Å². The lowest BCUT2D eigenvalue weighted by Gasteiger charge is -2.37. The molecular weight excluding hydrogens is 214 g/mol. The normalized spacial score (nSPS) is 25.0. The molecule has 1 fully saturated rings. The van der Waals surface area contributed by atoms with Gasteiger partial charge in [0.05, 0.1) is 6.07 Å². The number of rotatable bonds is 3. The smallest absolute Gasteiger partial charge is 0.227 e. The molecule has 1 unspecified atom stereocenters. The van der Waals surface area contributed by atoms with Gasteiger partial charge in [-0.15, -0.1) is 0 Å². The van der Waals surface area contributed by atoms with Crippen molar-refractivity contribution in [1.82, 2.24) is 9.21 Å². The minimum absolute atomic E-state index is 0.271. The molecule has 0 N–H and O–H groups in total. The molecule has 0 aliphatic carbocycles. The van der Waals surface area contributed by atoms with Crippen molar-refractivity contribution in [3.63, 3.8) is 0 Å². The third-order valence-electron chi connectivity index (χ3n) is 2.85. The molecule has 1 saturated heterocycles. The summed E-state index contributed by atoms with van der Waals surface area (Å²) in [7, 11) is -1.35. The van der Waals surface area contributed by atoms with Gasteiger partial charge >= 0.3 is 0 Å². The highest BCUT2D eigenvalue weighted by atomic mass is 32.2. The topological polar surface area (TPSA) is 64.4 Å². The maximum absolute atomic E-state index is 11.6. The Morgan fingerprint density at radius 1 is 1.47 bits per heavy atom. The van der Waals surface area contributed by atoms with Gasteiger partial charge in [0.25, 0.3) is 0 Å². The molecule has 1 aliphatic heterocycles. The van der Waals surface area contributed by atoms with Gasteiger partial charge in [0, 0.05) is 25.7 Å². The van der Waals surface area contributed by atoms with Crippen LogP contribution in [0.5, 0.6) is 0 Å². The van der Waals surface area contributed by atoms with Crippen LogP contribution in [0.15, 0.2) is 0 Å². The number of hydrogen-bond acceptors (Lipinski definition) is 4. The van der Waals surface area contributed by atoms with E-state index in [1.54, 1.807) is 6.07 Å². The quantitative estimate of drug-likeness (QED) is 0.678. The average molecular weight is 231 g/mol. The lowest BCUT2D eigenvalue weighted by atomic mass is 10.1. The highest BCUT2D eigenvalue weighted by Crippen LogP contribution is 2.14. The van der Waals surface area contributed by atoms with Crippen molar-refractivity contribution in [2.24, 2.45) is 0 Å². The van der Waals surface area contributed by atoms with E-state index in [4.69, 9.17) is 5.26 Å². The van der Waals surface area contributed by atoms with E-state index < -0.39 is 15.8 Å².